The van der Waals surface area contributed by atoms with Crippen molar-refractivity contribution in [1.29, 1.82) is 0 Å². The molecule has 10 heteroatoms. The van der Waals surface area contributed by atoms with Gasteiger partial charge in [0.25, 0.3) is 5.91 Å². The molecule has 1 spiro atoms. The summed E-state index contributed by atoms with van der Waals surface area (Å²) in [6.45, 7) is 0.636. The van der Waals surface area contributed by atoms with Crippen LogP contribution in [-0.4, -0.2) is 49.3 Å². The molecular weight excluding hydrogens is 511 g/mol. The molecule has 2 atom stereocenters. The predicted octanol–water partition coefficient (Wildman–Crippen LogP) is 3.13. The van der Waals surface area contributed by atoms with Crippen molar-refractivity contribution in [1.82, 2.24) is 14.9 Å². The fourth-order valence-corrected chi connectivity index (χ4v) is 7.40. The summed E-state index contributed by atoms with van der Waals surface area (Å²) in [4.78, 5) is 29.8. The van der Waals surface area contributed by atoms with Crippen LogP contribution in [0.15, 0.2) is 24.5 Å². The van der Waals surface area contributed by atoms with E-state index in [0.717, 1.165) is 19.3 Å². The Morgan fingerprint density at radius 1 is 1.21 bits per heavy atom. The molecule has 0 radical (unpaired) electrons. The van der Waals surface area contributed by atoms with Crippen molar-refractivity contribution in [2.24, 2.45) is 24.3 Å². The van der Waals surface area contributed by atoms with E-state index in [1.54, 1.807) is 17.9 Å². The Bertz CT molecular complexity index is 1370. The van der Waals surface area contributed by atoms with Crippen molar-refractivity contribution in [3.63, 3.8) is 0 Å². The summed E-state index contributed by atoms with van der Waals surface area (Å²) in [6.07, 6.45) is 5.54. The van der Waals surface area contributed by atoms with E-state index in [0.29, 0.717) is 49.3 Å². The third-order valence-electron chi connectivity index (χ3n) is 8.95. The molecule has 4 aliphatic rings. The first-order valence-corrected chi connectivity index (χ1v) is 13.4. The van der Waals surface area contributed by atoms with Crippen LogP contribution in [0.1, 0.15) is 67.0 Å². The van der Waals surface area contributed by atoms with E-state index in [9.17, 15) is 24.2 Å². The molecule has 3 aliphatic carbocycles. The van der Waals surface area contributed by atoms with Gasteiger partial charge in [0.15, 0.2) is 0 Å². The molecule has 2 amide bonds. The standard InChI is InChI=1S/C28H30ClFN4O4/c1-34-15-32-22(23(34)24(35)33-19-2-3-21(30)20(29)10-19)16-8-17-11-27(37,12-18(17)9-16)4-5-28(38)13-26(14-28)6-7-31-25(26)36/h2-3,10,15-18,37-38H,6-9,11-14H2,1H3,(H,31,36)(H,33,35). The Balaban J connectivity index is 1.11. The molecule has 4 fully saturated rings. The van der Waals surface area contributed by atoms with Gasteiger partial charge in [-0.15, -0.1) is 0 Å². The molecule has 1 saturated heterocycles. The number of amides is 2. The third-order valence-corrected chi connectivity index (χ3v) is 9.24. The maximum atomic E-state index is 13.5. The quantitative estimate of drug-likeness (QED) is 0.446. The second-order valence-electron chi connectivity index (χ2n) is 11.7. The van der Waals surface area contributed by atoms with Gasteiger partial charge in [-0.05, 0) is 62.1 Å². The van der Waals surface area contributed by atoms with Gasteiger partial charge in [-0.25, -0.2) is 9.37 Å². The van der Waals surface area contributed by atoms with Crippen LogP contribution in [0.5, 0.6) is 0 Å². The number of aromatic nitrogens is 2. The molecule has 4 N–H and O–H groups in total. The fourth-order valence-electron chi connectivity index (χ4n) is 7.22. The van der Waals surface area contributed by atoms with Gasteiger partial charge in [-0.2, -0.15) is 0 Å². The zero-order valence-electron chi connectivity index (χ0n) is 21.1. The Hall–Kier alpha value is -2.93. The van der Waals surface area contributed by atoms with Crippen LogP contribution in [-0.2, 0) is 11.8 Å². The highest BCUT2D eigenvalue weighted by molar-refractivity contribution is 6.31. The summed E-state index contributed by atoms with van der Waals surface area (Å²) in [6, 6.07) is 4.03. The molecule has 2 aromatic rings. The Kier molecular flexibility index (Phi) is 5.87. The van der Waals surface area contributed by atoms with Gasteiger partial charge in [0.1, 0.15) is 22.7 Å². The molecule has 38 heavy (non-hydrogen) atoms. The number of halogens is 2. The third kappa shape index (κ3) is 4.29. The average Bonchev–Trinajstić information content (AvgIpc) is 3.57. The number of aliphatic hydroxyl groups is 2. The first kappa shape index (κ1) is 25.4. The van der Waals surface area contributed by atoms with Gasteiger partial charge in [0.2, 0.25) is 5.91 Å². The monoisotopic (exact) mass is 540 g/mol. The van der Waals surface area contributed by atoms with Crippen LogP contribution in [0.4, 0.5) is 10.1 Å². The number of carbonyl (C=O) groups excluding carboxylic acids is 2. The fraction of sp³-hybridized carbons (Fsp3) is 0.536. The minimum Gasteiger partial charge on any atom is -0.378 e. The summed E-state index contributed by atoms with van der Waals surface area (Å²) in [5.41, 5.74) is -1.33. The molecular formula is C28H30ClFN4O4. The molecule has 200 valence electrons. The summed E-state index contributed by atoms with van der Waals surface area (Å²) >= 11 is 5.86. The Morgan fingerprint density at radius 2 is 1.89 bits per heavy atom. The molecule has 1 aliphatic heterocycles. The van der Waals surface area contributed by atoms with E-state index in [1.807, 2.05) is 0 Å². The maximum Gasteiger partial charge on any atom is 0.274 e. The highest BCUT2D eigenvalue weighted by Crippen LogP contribution is 2.55. The van der Waals surface area contributed by atoms with Crippen LogP contribution < -0.4 is 10.6 Å². The highest BCUT2D eigenvalue weighted by atomic mass is 35.5. The summed E-state index contributed by atoms with van der Waals surface area (Å²) in [5.74, 6) is 5.52. The van der Waals surface area contributed by atoms with Crippen LogP contribution in [0.2, 0.25) is 5.02 Å². The van der Waals surface area contributed by atoms with Crippen molar-refractivity contribution in [2.45, 2.75) is 62.1 Å². The number of nitrogens with zero attached hydrogens (tertiary/aromatic N) is 2. The summed E-state index contributed by atoms with van der Waals surface area (Å²) in [7, 11) is 1.76. The first-order valence-electron chi connectivity index (χ1n) is 13.0. The van der Waals surface area contributed by atoms with Gasteiger partial charge >= 0.3 is 0 Å². The number of benzene rings is 1. The number of hydrogen-bond acceptors (Lipinski definition) is 5. The number of fused-ring (bicyclic) bond motifs is 1. The van der Waals surface area contributed by atoms with Gasteiger partial charge in [-0.3, -0.25) is 9.59 Å². The van der Waals surface area contributed by atoms with Crippen molar-refractivity contribution >= 4 is 29.1 Å². The second kappa shape index (κ2) is 8.80. The van der Waals surface area contributed by atoms with E-state index in [4.69, 9.17) is 11.6 Å². The van der Waals surface area contributed by atoms with Crippen molar-refractivity contribution in [2.75, 3.05) is 11.9 Å². The topological polar surface area (TPSA) is 116 Å². The SMILES string of the molecule is Cn1cnc(C2CC3CC(O)(C#CC4(O)CC5(CCNC5=O)C4)CC3C2)c1C(=O)Nc1ccc(F)c(Cl)c1. The van der Waals surface area contributed by atoms with E-state index >= 15 is 0 Å². The lowest BCUT2D eigenvalue weighted by Crippen LogP contribution is -2.54. The average molecular weight is 541 g/mol. The largest absolute Gasteiger partial charge is 0.378 e. The zero-order valence-corrected chi connectivity index (χ0v) is 21.8. The van der Waals surface area contributed by atoms with Gasteiger partial charge in [-0.1, -0.05) is 23.4 Å². The van der Waals surface area contributed by atoms with Gasteiger partial charge in [0, 0.05) is 38.0 Å². The van der Waals surface area contributed by atoms with Crippen molar-refractivity contribution < 1.29 is 24.2 Å². The van der Waals surface area contributed by atoms with Crippen LogP contribution in [0, 0.1) is 34.9 Å². The zero-order chi connectivity index (χ0) is 26.9. The van der Waals surface area contributed by atoms with E-state index in [2.05, 4.69) is 27.5 Å². The van der Waals surface area contributed by atoms with Gasteiger partial charge in [0.05, 0.1) is 22.5 Å². The summed E-state index contributed by atoms with van der Waals surface area (Å²) < 4.78 is 15.2. The first-order chi connectivity index (χ1) is 18.0. The number of aryl methyl sites for hydroxylation is 1. The van der Waals surface area contributed by atoms with E-state index < -0.39 is 22.4 Å². The lowest BCUT2D eigenvalue weighted by Gasteiger charge is -2.46. The Morgan fingerprint density at radius 3 is 2.53 bits per heavy atom. The lowest BCUT2D eigenvalue weighted by atomic mass is 9.58. The molecule has 3 saturated carbocycles. The van der Waals surface area contributed by atoms with Crippen LogP contribution >= 0.6 is 11.6 Å². The van der Waals surface area contributed by atoms with Crippen molar-refractivity contribution in [3.8, 4) is 11.8 Å². The molecule has 2 heterocycles. The summed E-state index contributed by atoms with van der Waals surface area (Å²) in [5, 5.41) is 27.6. The molecule has 1 aromatic carbocycles. The Labute approximate surface area is 225 Å². The number of imidazole rings is 1. The van der Waals surface area contributed by atoms with Crippen LogP contribution in [0.3, 0.4) is 0 Å². The minimum atomic E-state index is -1.22. The van der Waals surface area contributed by atoms with E-state index in [1.165, 1.54) is 18.2 Å². The number of carbonyl (C=O) groups is 2. The predicted molar refractivity (Wildman–Crippen MR) is 138 cm³/mol. The number of nitrogens with one attached hydrogen (secondary N) is 2. The molecule has 0 bridgehead atoms. The normalized spacial score (nSPS) is 35.4. The number of rotatable bonds is 3. The van der Waals surface area contributed by atoms with Gasteiger partial charge < -0.3 is 25.4 Å². The number of hydrogen-bond donors (Lipinski definition) is 4. The highest BCUT2D eigenvalue weighted by Gasteiger charge is 2.59. The van der Waals surface area contributed by atoms with Crippen molar-refractivity contribution in [3.05, 3.63) is 46.8 Å². The molecule has 1 aromatic heterocycles. The maximum absolute atomic E-state index is 13.5. The molecule has 6 rings (SSSR count). The molecule has 2 unspecified atom stereocenters. The number of anilines is 1. The minimum absolute atomic E-state index is 0.00633. The molecule has 8 nitrogen and oxygen atoms in total. The van der Waals surface area contributed by atoms with Crippen LogP contribution in [0.25, 0.3) is 0 Å². The van der Waals surface area contributed by atoms with E-state index in [-0.39, 0.29) is 34.6 Å². The smallest absolute Gasteiger partial charge is 0.274 e. The second-order valence-corrected chi connectivity index (χ2v) is 12.1. The lowest BCUT2D eigenvalue weighted by molar-refractivity contribution is -0.146.